The van der Waals surface area contributed by atoms with Crippen molar-refractivity contribution in [2.45, 2.75) is 0 Å². The van der Waals surface area contributed by atoms with E-state index in [1.54, 1.807) is 35.7 Å². The second-order valence-electron chi connectivity index (χ2n) is 6.40. The van der Waals surface area contributed by atoms with Gasteiger partial charge in [-0.05, 0) is 48.5 Å². The number of nitrogens with one attached hydrogen (secondary N) is 1. The van der Waals surface area contributed by atoms with Crippen LogP contribution in [-0.4, -0.2) is 30.9 Å². The lowest BCUT2D eigenvalue weighted by Crippen LogP contribution is -2.13. The normalized spacial score (nSPS) is 11.0. The molecule has 3 aromatic heterocycles. The first kappa shape index (κ1) is 18.1. The van der Waals surface area contributed by atoms with E-state index in [1.807, 2.05) is 30.3 Å². The third kappa shape index (κ3) is 3.53. The van der Waals surface area contributed by atoms with Crippen LogP contribution in [0.1, 0.15) is 10.5 Å². The van der Waals surface area contributed by atoms with Crippen LogP contribution in [0.25, 0.3) is 26.5 Å². The molecule has 0 saturated carbocycles. The maximum Gasteiger partial charge on any atom is 0.279 e. The summed E-state index contributed by atoms with van der Waals surface area (Å²) in [5.74, 6) is -0.401. The van der Waals surface area contributed by atoms with E-state index in [9.17, 15) is 9.18 Å². The van der Waals surface area contributed by atoms with Crippen LogP contribution in [0.15, 0.2) is 73.1 Å². The molecule has 0 spiro atoms. The van der Waals surface area contributed by atoms with Crippen molar-refractivity contribution in [2.24, 2.45) is 0 Å². The van der Waals surface area contributed by atoms with Crippen molar-refractivity contribution in [1.29, 1.82) is 0 Å². The van der Waals surface area contributed by atoms with Gasteiger partial charge in [0.05, 0.1) is 22.1 Å². The topological polar surface area (TPSA) is 85.6 Å². The van der Waals surface area contributed by atoms with E-state index in [-0.39, 0.29) is 11.5 Å². The molecule has 0 atom stereocenters. The van der Waals surface area contributed by atoms with Crippen LogP contribution in [-0.2, 0) is 0 Å². The minimum absolute atomic E-state index is 0.122. The number of halogens is 1. The van der Waals surface area contributed by atoms with Gasteiger partial charge >= 0.3 is 0 Å². The molecule has 0 unspecified atom stereocenters. The largest absolute Gasteiger partial charge is 0.305 e. The van der Waals surface area contributed by atoms with Crippen molar-refractivity contribution in [3.63, 3.8) is 0 Å². The fourth-order valence-corrected chi connectivity index (χ4v) is 3.81. The summed E-state index contributed by atoms with van der Waals surface area (Å²) in [4.78, 5) is 21.4. The third-order valence-corrected chi connectivity index (χ3v) is 5.45. The monoisotopic (exact) mass is 416 g/mol. The van der Waals surface area contributed by atoms with Crippen LogP contribution in [0.2, 0.25) is 0 Å². The molecule has 9 heteroatoms. The van der Waals surface area contributed by atoms with Gasteiger partial charge in [-0.1, -0.05) is 17.3 Å². The molecule has 7 nitrogen and oxygen atoms in total. The van der Waals surface area contributed by atoms with Crippen LogP contribution in [0, 0.1) is 5.82 Å². The van der Waals surface area contributed by atoms with Crippen molar-refractivity contribution in [1.82, 2.24) is 25.0 Å². The van der Waals surface area contributed by atoms with Gasteiger partial charge in [-0.15, -0.1) is 16.4 Å². The number of rotatable bonds is 4. The van der Waals surface area contributed by atoms with Gasteiger partial charge in [-0.2, -0.15) is 0 Å². The highest BCUT2D eigenvalue weighted by atomic mass is 32.1. The molecule has 0 aliphatic carbocycles. The van der Waals surface area contributed by atoms with E-state index in [2.05, 4.69) is 25.6 Å². The Morgan fingerprint density at radius 2 is 1.87 bits per heavy atom. The SMILES string of the molecule is O=C(Nc1ccc(-c2nc3ccccc3s2)cn1)c1cn(-c2ccc(F)cc2)nn1. The Morgan fingerprint density at radius 1 is 1.03 bits per heavy atom. The van der Waals surface area contributed by atoms with Crippen LogP contribution in [0.5, 0.6) is 0 Å². The quantitative estimate of drug-likeness (QED) is 0.471. The van der Waals surface area contributed by atoms with Gasteiger partial charge in [-0.3, -0.25) is 4.79 Å². The highest BCUT2D eigenvalue weighted by Gasteiger charge is 2.13. The van der Waals surface area contributed by atoms with Gasteiger partial charge in [0, 0.05) is 11.8 Å². The number of thiazole rings is 1. The maximum atomic E-state index is 13.0. The maximum absolute atomic E-state index is 13.0. The van der Waals surface area contributed by atoms with Crippen molar-refractivity contribution in [2.75, 3.05) is 5.32 Å². The number of para-hydroxylation sites is 1. The zero-order chi connectivity index (χ0) is 20.5. The Kier molecular flexibility index (Phi) is 4.49. The zero-order valence-electron chi connectivity index (χ0n) is 15.4. The highest BCUT2D eigenvalue weighted by molar-refractivity contribution is 7.21. The molecule has 3 heterocycles. The van der Waals surface area contributed by atoms with Gasteiger partial charge in [-0.25, -0.2) is 19.0 Å². The molecule has 0 saturated heterocycles. The van der Waals surface area contributed by atoms with E-state index in [0.29, 0.717) is 11.5 Å². The summed E-state index contributed by atoms with van der Waals surface area (Å²) in [6.07, 6.45) is 3.14. The van der Waals surface area contributed by atoms with E-state index >= 15 is 0 Å². The summed E-state index contributed by atoms with van der Waals surface area (Å²) in [7, 11) is 0. The molecule has 30 heavy (non-hydrogen) atoms. The Balaban J connectivity index is 1.31. The van der Waals surface area contributed by atoms with Crippen LogP contribution in [0.3, 0.4) is 0 Å². The van der Waals surface area contributed by atoms with Crippen LogP contribution in [0.4, 0.5) is 10.2 Å². The van der Waals surface area contributed by atoms with Crippen LogP contribution >= 0.6 is 11.3 Å². The van der Waals surface area contributed by atoms with Gasteiger partial charge in [0.1, 0.15) is 16.6 Å². The van der Waals surface area contributed by atoms with Gasteiger partial charge in [0.2, 0.25) is 0 Å². The smallest absolute Gasteiger partial charge is 0.279 e. The third-order valence-electron chi connectivity index (χ3n) is 4.36. The predicted molar refractivity (Wildman–Crippen MR) is 112 cm³/mol. The van der Waals surface area contributed by atoms with E-state index in [4.69, 9.17) is 0 Å². The van der Waals surface area contributed by atoms with Crippen molar-refractivity contribution in [3.05, 3.63) is 84.6 Å². The fraction of sp³-hybridized carbons (Fsp3) is 0. The lowest BCUT2D eigenvalue weighted by molar-refractivity contribution is 0.102. The number of amides is 1. The summed E-state index contributed by atoms with van der Waals surface area (Å²) in [6, 6.07) is 17.2. The number of carbonyl (C=O) groups excluding carboxylic acids is 1. The van der Waals surface area contributed by atoms with Gasteiger partial charge < -0.3 is 5.32 Å². The number of anilines is 1. The van der Waals surface area contributed by atoms with E-state index < -0.39 is 5.91 Å². The lowest BCUT2D eigenvalue weighted by Gasteiger charge is -2.02. The Hall–Kier alpha value is -3.98. The standard InChI is InChI=1S/C21H13FN6OS/c22-14-6-8-15(9-7-14)28-12-17(26-27-28)20(29)25-19-10-5-13(11-23-19)21-24-16-3-1-2-4-18(16)30-21/h1-12H,(H,23,25,29). The second kappa shape index (κ2) is 7.45. The summed E-state index contributed by atoms with van der Waals surface area (Å²) in [5, 5.41) is 11.3. The second-order valence-corrected chi connectivity index (χ2v) is 7.43. The molecule has 1 N–H and O–H groups in total. The summed E-state index contributed by atoms with van der Waals surface area (Å²) in [5.41, 5.74) is 2.54. The molecule has 0 fully saturated rings. The summed E-state index contributed by atoms with van der Waals surface area (Å²) in [6.45, 7) is 0. The number of hydrogen-bond acceptors (Lipinski definition) is 6. The first-order valence-electron chi connectivity index (χ1n) is 8.97. The van der Waals surface area contributed by atoms with Crippen molar-refractivity contribution < 1.29 is 9.18 Å². The molecule has 0 aliphatic rings. The average molecular weight is 416 g/mol. The number of fused-ring (bicyclic) bond motifs is 1. The minimum atomic E-state index is -0.441. The number of aromatic nitrogens is 5. The van der Waals surface area contributed by atoms with Crippen molar-refractivity contribution >= 4 is 33.3 Å². The highest BCUT2D eigenvalue weighted by Crippen LogP contribution is 2.29. The first-order valence-corrected chi connectivity index (χ1v) is 9.79. The summed E-state index contributed by atoms with van der Waals surface area (Å²) < 4.78 is 15.6. The molecule has 5 aromatic rings. The minimum Gasteiger partial charge on any atom is -0.305 e. The molecular formula is C21H13FN6OS. The number of pyridine rings is 1. The molecule has 5 rings (SSSR count). The molecular weight excluding hydrogens is 403 g/mol. The number of nitrogens with zero attached hydrogens (tertiary/aromatic N) is 5. The molecule has 146 valence electrons. The first-order chi connectivity index (χ1) is 14.7. The Labute approximate surface area is 173 Å². The summed E-state index contributed by atoms with van der Waals surface area (Å²) >= 11 is 1.59. The fourth-order valence-electron chi connectivity index (χ4n) is 2.86. The number of benzene rings is 2. The number of hydrogen-bond donors (Lipinski definition) is 1. The van der Waals surface area contributed by atoms with Crippen molar-refractivity contribution in [3.8, 4) is 16.3 Å². The predicted octanol–water partition coefficient (Wildman–Crippen LogP) is 4.33. The molecule has 0 aliphatic heterocycles. The Bertz CT molecular complexity index is 1310. The number of carbonyl (C=O) groups is 1. The van der Waals surface area contributed by atoms with Gasteiger partial charge in [0.25, 0.3) is 5.91 Å². The average Bonchev–Trinajstić information content (AvgIpc) is 3.42. The molecule has 2 aromatic carbocycles. The zero-order valence-corrected chi connectivity index (χ0v) is 16.2. The molecule has 1 amide bonds. The van der Waals surface area contributed by atoms with E-state index in [1.165, 1.54) is 23.0 Å². The molecule has 0 radical (unpaired) electrons. The van der Waals surface area contributed by atoms with Crippen LogP contribution < -0.4 is 5.32 Å². The molecule has 0 bridgehead atoms. The van der Waals surface area contributed by atoms with E-state index in [0.717, 1.165) is 20.8 Å². The Morgan fingerprint density at radius 3 is 2.63 bits per heavy atom. The lowest BCUT2D eigenvalue weighted by atomic mass is 10.3. The van der Waals surface area contributed by atoms with Gasteiger partial charge in [0.15, 0.2) is 5.69 Å².